The average Bonchev–Trinajstić information content (AvgIpc) is 2.90. The zero-order valence-corrected chi connectivity index (χ0v) is 12.5. The summed E-state index contributed by atoms with van der Waals surface area (Å²) in [5.41, 5.74) is 1.32. The van der Waals surface area contributed by atoms with Crippen molar-refractivity contribution in [2.24, 2.45) is 0 Å². The molecule has 4 heteroatoms. The maximum Gasteiger partial charge on any atom is 0.0948 e. The fourth-order valence-electron chi connectivity index (χ4n) is 2.80. The fraction of sp³-hybridized carbons (Fsp3) is 0.625. The van der Waals surface area contributed by atoms with Crippen LogP contribution in [0.3, 0.4) is 0 Å². The lowest BCUT2D eigenvalue weighted by Gasteiger charge is -2.31. The van der Waals surface area contributed by atoms with Gasteiger partial charge in [-0.25, -0.2) is 0 Å². The lowest BCUT2D eigenvalue weighted by molar-refractivity contribution is 0.120. The molecule has 1 fully saturated rings. The van der Waals surface area contributed by atoms with Crippen LogP contribution < -0.4 is 5.32 Å². The molecule has 0 saturated carbocycles. The third kappa shape index (κ3) is 3.79. The molecule has 1 aromatic rings. The standard InChI is InChI=1S/C16H26N2O2/c1-3-18(4-2)15(13-8-6-5-7-9-13)10-17-14-11-20-12-16(14)19/h5-9,14-17,19H,3-4,10-12H2,1-2H3. The van der Waals surface area contributed by atoms with E-state index in [2.05, 4.69) is 48.3 Å². The third-order valence-electron chi connectivity index (χ3n) is 4.06. The second kappa shape index (κ2) is 7.74. The summed E-state index contributed by atoms with van der Waals surface area (Å²) >= 11 is 0. The highest BCUT2D eigenvalue weighted by atomic mass is 16.5. The van der Waals surface area contributed by atoms with Crippen LogP contribution in [0.25, 0.3) is 0 Å². The minimum Gasteiger partial charge on any atom is -0.389 e. The van der Waals surface area contributed by atoms with Crippen molar-refractivity contribution in [1.82, 2.24) is 10.2 Å². The minimum absolute atomic E-state index is 0.0526. The quantitative estimate of drug-likeness (QED) is 0.792. The molecule has 3 unspecified atom stereocenters. The molecule has 2 rings (SSSR count). The number of aliphatic hydroxyl groups excluding tert-OH is 1. The number of hydrogen-bond donors (Lipinski definition) is 2. The van der Waals surface area contributed by atoms with Crippen molar-refractivity contribution in [3.63, 3.8) is 0 Å². The van der Waals surface area contributed by atoms with Crippen molar-refractivity contribution in [1.29, 1.82) is 0 Å². The van der Waals surface area contributed by atoms with Gasteiger partial charge < -0.3 is 15.2 Å². The number of hydrogen-bond acceptors (Lipinski definition) is 4. The van der Waals surface area contributed by atoms with Gasteiger partial charge in [0, 0.05) is 12.6 Å². The Balaban J connectivity index is 2.03. The molecular formula is C16H26N2O2. The first-order chi connectivity index (χ1) is 9.76. The normalized spacial score (nSPS) is 24.2. The molecule has 20 heavy (non-hydrogen) atoms. The van der Waals surface area contributed by atoms with Crippen molar-refractivity contribution in [3.05, 3.63) is 35.9 Å². The van der Waals surface area contributed by atoms with Gasteiger partial charge in [0.1, 0.15) is 0 Å². The molecule has 1 heterocycles. The predicted octanol–water partition coefficient (Wildman–Crippen LogP) is 1.42. The first kappa shape index (κ1) is 15.4. The van der Waals surface area contributed by atoms with E-state index in [-0.39, 0.29) is 12.1 Å². The van der Waals surface area contributed by atoms with Gasteiger partial charge in [0.05, 0.1) is 25.4 Å². The van der Waals surface area contributed by atoms with Gasteiger partial charge in [-0.3, -0.25) is 4.90 Å². The monoisotopic (exact) mass is 278 g/mol. The second-order valence-electron chi connectivity index (χ2n) is 5.27. The van der Waals surface area contributed by atoms with Gasteiger partial charge in [-0.1, -0.05) is 44.2 Å². The van der Waals surface area contributed by atoms with E-state index in [1.165, 1.54) is 5.56 Å². The molecule has 1 saturated heterocycles. The first-order valence-electron chi connectivity index (χ1n) is 7.54. The van der Waals surface area contributed by atoms with Gasteiger partial charge in [-0.15, -0.1) is 0 Å². The molecule has 4 nitrogen and oxygen atoms in total. The number of aliphatic hydroxyl groups is 1. The molecule has 1 aromatic carbocycles. The van der Waals surface area contributed by atoms with Gasteiger partial charge in [-0.05, 0) is 18.7 Å². The SMILES string of the molecule is CCN(CC)C(CNC1COCC1O)c1ccccc1. The van der Waals surface area contributed by atoms with Crippen molar-refractivity contribution in [3.8, 4) is 0 Å². The summed E-state index contributed by atoms with van der Waals surface area (Å²) in [4.78, 5) is 2.44. The number of nitrogens with zero attached hydrogens (tertiary/aromatic N) is 1. The topological polar surface area (TPSA) is 44.7 Å². The lowest BCUT2D eigenvalue weighted by Crippen LogP contribution is -2.44. The van der Waals surface area contributed by atoms with Crippen LogP contribution in [0.1, 0.15) is 25.5 Å². The fourth-order valence-corrected chi connectivity index (χ4v) is 2.80. The van der Waals surface area contributed by atoms with E-state index >= 15 is 0 Å². The molecule has 1 aliphatic heterocycles. The van der Waals surface area contributed by atoms with E-state index in [1.54, 1.807) is 0 Å². The van der Waals surface area contributed by atoms with E-state index in [4.69, 9.17) is 4.74 Å². The van der Waals surface area contributed by atoms with Crippen LogP contribution in [0.5, 0.6) is 0 Å². The number of likely N-dealkylation sites (N-methyl/N-ethyl adjacent to an activating group) is 1. The smallest absolute Gasteiger partial charge is 0.0948 e. The van der Waals surface area contributed by atoms with Crippen molar-refractivity contribution in [2.45, 2.75) is 32.0 Å². The zero-order valence-electron chi connectivity index (χ0n) is 12.5. The maximum atomic E-state index is 9.82. The second-order valence-corrected chi connectivity index (χ2v) is 5.27. The van der Waals surface area contributed by atoms with Crippen molar-refractivity contribution >= 4 is 0 Å². The molecule has 3 atom stereocenters. The highest BCUT2D eigenvalue weighted by Gasteiger charge is 2.27. The van der Waals surface area contributed by atoms with Crippen LogP contribution in [-0.4, -0.2) is 55.0 Å². The summed E-state index contributed by atoms with van der Waals surface area (Å²) in [7, 11) is 0. The van der Waals surface area contributed by atoms with Gasteiger partial charge in [0.15, 0.2) is 0 Å². The zero-order chi connectivity index (χ0) is 14.4. The van der Waals surface area contributed by atoms with Gasteiger partial charge in [0.25, 0.3) is 0 Å². The number of benzene rings is 1. The van der Waals surface area contributed by atoms with E-state index in [0.29, 0.717) is 19.3 Å². The molecule has 2 N–H and O–H groups in total. The van der Waals surface area contributed by atoms with Crippen LogP contribution in [0.2, 0.25) is 0 Å². The highest BCUT2D eigenvalue weighted by molar-refractivity contribution is 5.19. The van der Waals surface area contributed by atoms with E-state index < -0.39 is 0 Å². The Labute approximate surface area is 121 Å². The van der Waals surface area contributed by atoms with Gasteiger partial charge >= 0.3 is 0 Å². The van der Waals surface area contributed by atoms with Gasteiger partial charge in [0.2, 0.25) is 0 Å². The van der Waals surface area contributed by atoms with E-state index in [1.807, 2.05) is 6.07 Å². The molecule has 0 bridgehead atoms. The first-order valence-corrected chi connectivity index (χ1v) is 7.54. The van der Waals surface area contributed by atoms with Crippen molar-refractivity contribution in [2.75, 3.05) is 32.8 Å². The summed E-state index contributed by atoms with van der Waals surface area (Å²) < 4.78 is 5.29. The average molecular weight is 278 g/mol. The summed E-state index contributed by atoms with van der Waals surface area (Å²) in [6, 6.07) is 10.9. The molecule has 0 aliphatic carbocycles. The van der Waals surface area contributed by atoms with E-state index in [0.717, 1.165) is 19.6 Å². The third-order valence-corrected chi connectivity index (χ3v) is 4.06. The Morgan fingerprint density at radius 3 is 2.50 bits per heavy atom. The molecule has 1 aliphatic rings. The van der Waals surface area contributed by atoms with Crippen LogP contribution in [0.15, 0.2) is 30.3 Å². The Morgan fingerprint density at radius 1 is 1.25 bits per heavy atom. The summed E-state index contributed by atoms with van der Waals surface area (Å²) in [6.07, 6.45) is -0.386. The molecule has 112 valence electrons. The Morgan fingerprint density at radius 2 is 1.95 bits per heavy atom. The predicted molar refractivity (Wildman–Crippen MR) is 80.7 cm³/mol. The van der Waals surface area contributed by atoms with Crippen LogP contribution in [-0.2, 0) is 4.74 Å². The van der Waals surface area contributed by atoms with Crippen LogP contribution in [0, 0.1) is 0 Å². The molecule has 0 aromatic heterocycles. The molecule has 0 amide bonds. The Hall–Kier alpha value is -0.940. The number of rotatable bonds is 7. The summed E-state index contributed by atoms with van der Waals surface area (Å²) in [5.74, 6) is 0. The summed E-state index contributed by atoms with van der Waals surface area (Å²) in [6.45, 7) is 8.28. The molecule has 0 spiro atoms. The van der Waals surface area contributed by atoms with Crippen molar-refractivity contribution < 1.29 is 9.84 Å². The van der Waals surface area contributed by atoms with Crippen LogP contribution in [0.4, 0.5) is 0 Å². The number of ether oxygens (including phenoxy) is 1. The largest absolute Gasteiger partial charge is 0.389 e. The summed E-state index contributed by atoms with van der Waals surface area (Å²) in [5, 5.41) is 13.3. The Bertz CT molecular complexity index is 381. The van der Waals surface area contributed by atoms with Gasteiger partial charge in [-0.2, -0.15) is 0 Å². The number of nitrogens with one attached hydrogen (secondary N) is 1. The van der Waals surface area contributed by atoms with Crippen LogP contribution >= 0.6 is 0 Å². The highest BCUT2D eigenvalue weighted by Crippen LogP contribution is 2.20. The lowest BCUT2D eigenvalue weighted by atomic mass is 10.0. The minimum atomic E-state index is -0.386. The Kier molecular flexibility index (Phi) is 5.98. The molecule has 0 radical (unpaired) electrons. The maximum absolute atomic E-state index is 9.82. The molecular weight excluding hydrogens is 252 g/mol. The van der Waals surface area contributed by atoms with E-state index in [9.17, 15) is 5.11 Å².